The van der Waals surface area contributed by atoms with Crippen molar-refractivity contribution in [2.45, 2.75) is 50.7 Å². The first kappa shape index (κ1) is 16.0. The van der Waals surface area contributed by atoms with Gasteiger partial charge in [0.1, 0.15) is 0 Å². The Morgan fingerprint density at radius 3 is 2.57 bits per heavy atom. The Morgan fingerprint density at radius 2 is 2.00 bits per heavy atom. The highest BCUT2D eigenvalue weighted by atomic mass is 32.2. The Labute approximate surface area is 124 Å². The van der Waals surface area contributed by atoms with E-state index in [2.05, 4.69) is 18.6 Å². The van der Waals surface area contributed by atoms with E-state index in [1.165, 1.54) is 6.07 Å². The molecule has 1 aliphatic carbocycles. The molecule has 21 heavy (non-hydrogen) atoms. The normalized spacial score (nSPS) is 23.4. The molecular weight excluding hydrogens is 294 g/mol. The Hall–Kier alpha value is -1.34. The van der Waals surface area contributed by atoms with Gasteiger partial charge >= 0.3 is 5.97 Å². The third-order valence-corrected chi connectivity index (χ3v) is 5.40. The Morgan fingerprint density at radius 1 is 1.33 bits per heavy atom. The van der Waals surface area contributed by atoms with E-state index in [0.29, 0.717) is 11.8 Å². The van der Waals surface area contributed by atoms with Gasteiger partial charge in [-0.15, -0.1) is 0 Å². The second-order valence-corrected chi connectivity index (χ2v) is 7.49. The van der Waals surface area contributed by atoms with E-state index in [1.807, 2.05) is 0 Å². The monoisotopic (exact) mass is 315 g/mol. The third-order valence-electron chi connectivity index (χ3n) is 4.04. The largest absolute Gasteiger partial charge is 0.475 e. The zero-order chi connectivity index (χ0) is 15.6. The van der Waals surface area contributed by atoms with Crippen LogP contribution in [0.5, 0.6) is 0 Å². The summed E-state index contributed by atoms with van der Waals surface area (Å²) in [5, 5.41) is 8.45. The van der Waals surface area contributed by atoms with E-state index in [-0.39, 0.29) is 16.9 Å². The maximum absolute atomic E-state index is 12.3. The second kappa shape index (κ2) is 6.19. The van der Waals surface area contributed by atoms with Crippen LogP contribution in [0.15, 0.2) is 21.6 Å². The molecule has 0 aromatic carbocycles. The molecule has 2 rings (SSSR count). The molecule has 1 aromatic rings. The lowest BCUT2D eigenvalue weighted by Gasteiger charge is -2.34. The van der Waals surface area contributed by atoms with Gasteiger partial charge in [0, 0.05) is 6.04 Å². The summed E-state index contributed by atoms with van der Waals surface area (Å²) in [4.78, 5) is 10.8. The predicted molar refractivity (Wildman–Crippen MR) is 76.6 cm³/mol. The molecule has 0 spiro atoms. The van der Waals surface area contributed by atoms with E-state index in [9.17, 15) is 13.2 Å². The number of sulfonamides is 1. The summed E-state index contributed by atoms with van der Waals surface area (Å²) >= 11 is 0. The molecule has 1 aromatic heterocycles. The number of rotatable bonds is 5. The number of furan rings is 1. The zero-order valence-electron chi connectivity index (χ0n) is 12.2. The van der Waals surface area contributed by atoms with Crippen molar-refractivity contribution >= 4 is 16.0 Å². The molecule has 6 nitrogen and oxygen atoms in total. The van der Waals surface area contributed by atoms with Gasteiger partial charge in [0.25, 0.3) is 10.0 Å². The molecule has 118 valence electrons. The van der Waals surface area contributed by atoms with Crippen LogP contribution in [0.25, 0.3) is 0 Å². The highest BCUT2D eigenvalue weighted by molar-refractivity contribution is 7.89. The number of hydrogen-bond donors (Lipinski definition) is 2. The molecule has 0 saturated heterocycles. The summed E-state index contributed by atoms with van der Waals surface area (Å²) in [6.45, 7) is 4.18. The summed E-state index contributed by atoms with van der Waals surface area (Å²) in [6, 6.07) is 2.21. The van der Waals surface area contributed by atoms with Gasteiger partial charge in [-0.25, -0.2) is 17.9 Å². The quantitative estimate of drug-likeness (QED) is 0.870. The molecule has 1 heterocycles. The van der Waals surface area contributed by atoms with Gasteiger partial charge in [0.15, 0.2) is 0 Å². The van der Waals surface area contributed by atoms with Crippen LogP contribution in [0.1, 0.15) is 50.1 Å². The molecule has 1 saturated carbocycles. The summed E-state index contributed by atoms with van der Waals surface area (Å²) in [5.74, 6) is -0.972. The number of carboxylic acid groups (broad SMARTS) is 1. The Balaban J connectivity index is 2.17. The van der Waals surface area contributed by atoms with Crippen molar-refractivity contribution < 1.29 is 22.7 Å². The zero-order valence-corrected chi connectivity index (χ0v) is 13.0. The average molecular weight is 315 g/mol. The summed E-state index contributed by atoms with van der Waals surface area (Å²) in [5.41, 5.74) is 0. The lowest BCUT2D eigenvalue weighted by molar-refractivity contribution is 0.0656. The molecule has 1 aliphatic rings. The Kier molecular flexibility index (Phi) is 4.73. The molecule has 2 N–H and O–H groups in total. The fourth-order valence-electron chi connectivity index (χ4n) is 2.94. The van der Waals surface area contributed by atoms with Crippen LogP contribution in [0.2, 0.25) is 0 Å². The van der Waals surface area contributed by atoms with E-state index < -0.39 is 16.0 Å². The van der Waals surface area contributed by atoms with Crippen molar-refractivity contribution in [3.63, 3.8) is 0 Å². The van der Waals surface area contributed by atoms with Crippen LogP contribution in [0.4, 0.5) is 0 Å². The lowest BCUT2D eigenvalue weighted by atomic mass is 9.78. The van der Waals surface area contributed by atoms with Crippen LogP contribution in [0.3, 0.4) is 0 Å². The van der Waals surface area contributed by atoms with Crippen molar-refractivity contribution in [2.24, 2.45) is 11.8 Å². The van der Waals surface area contributed by atoms with Crippen molar-refractivity contribution in [1.82, 2.24) is 4.72 Å². The second-order valence-electron chi connectivity index (χ2n) is 5.84. The van der Waals surface area contributed by atoms with Gasteiger partial charge in [-0.3, -0.25) is 0 Å². The van der Waals surface area contributed by atoms with Crippen molar-refractivity contribution in [3.8, 4) is 0 Å². The molecule has 0 aliphatic heterocycles. The molecule has 0 bridgehead atoms. The van der Waals surface area contributed by atoms with E-state index >= 15 is 0 Å². The van der Waals surface area contributed by atoms with Gasteiger partial charge in [0.05, 0.1) is 0 Å². The minimum Gasteiger partial charge on any atom is -0.475 e. The standard InChI is InChI=1S/C14H21NO5S/c1-9(2)10-5-3-4-6-11(10)15-21(18,19)13-8-7-12(20-13)14(16)17/h7-11,15H,3-6H2,1-2H3,(H,16,17). The molecule has 1 fully saturated rings. The summed E-state index contributed by atoms with van der Waals surface area (Å²) < 4.78 is 32.2. The molecule has 2 atom stereocenters. The maximum Gasteiger partial charge on any atom is 0.371 e. The van der Waals surface area contributed by atoms with E-state index in [1.54, 1.807) is 0 Å². The number of carbonyl (C=O) groups is 1. The van der Waals surface area contributed by atoms with Gasteiger partial charge in [0.2, 0.25) is 10.9 Å². The molecule has 7 heteroatoms. The molecule has 0 radical (unpaired) electrons. The topological polar surface area (TPSA) is 96.6 Å². The smallest absolute Gasteiger partial charge is 0.371 e. The molecule has 2 unspecified atom stereocenters. The fourth-order valence-corrected chi connectivity index (χ4v) is 4.19. The van der Waals surface area contributed by atoms with Crippen molar-refractivity contribution in [1.29, 1.82) is 0 Å². The third kappa shape index (κ3) is 3.65. The van der Waals surface area contributed by atoms with Crippen molar-refractivity contribution in [2.75, 3.05) is 0 Å². The first-order valence-corrected chi connectivity index (χ1v) is 8.65. The highest BCUT2D eigenvalue weighted by Crippen LogP contribution is 2.31. The number of hydrogen-bond acceptors (Lipinski definition) is 4. The predicted octanol–water partition coefficient (Wildman–Crippen LogP) is 2.47. The summed E-state index contributed by atoms with van der Waals surface area (Å²) in [7, 11) is -3.82. The first-order valence-electron chi connectivity index (χ1n) is 7.16. The van der Waals surface area contributed by atoms with Gasteiger partial charge < -0.3 is 9.52 Å². The maximum atomic E-state index is 12.3. The van der Waals surface area contributed by atoms with Gasteiger partial charge in [-0.05, 0) is 36.8 Å². The SMILES string of the molecule is CC(C)C1CCCCC1NS(=O)(=O)c1ccc(C(=O)O)o1. The minimum absolute atomic E-state index is 0.123. The van der Waals surface area contributed by atoms with Crippen molar-refractivity contribution in [3.05, 3.63) is 17.9 Å². The van der Waals surface area contributed by atoms with Crippen LogP contribution < -0.4 is 4.72 Å². The summed E-state index contributed by atoms with van der Waals surface area (Å²) in [6.07, 6.45) is 3.91. The highest BCUT2D eigenvalue weighted by Gasteiger charge is 2.32. The molecular formula is C14H21NO5S. The number of carboxylic acids is 1. The van der Waals surface area contributed by atoms with E-state index in [4.69, 9.17) is 9.52 Å². The van der Waals surface area contributed by atoms with Crippen LogP contribution in [0, 0.1) is 11.8 Å². The molecule has 0 amide bonds. The van der Waals surface area contributed by atoms with Crippen LogP contribution in [-0.4, -0.2) is 25.5 Å². The minimum atomic E-state index is -3.82. The van der Waals surface area contributed by atoms with Gasteiger partial charge in [-0.2, -0.15) is 0 Å². The van der Waals surface area contributed by atoms with Crippen LogP contribution in [-0.2, 0) is 10.0 Å². The number of nitrogens with one attached hydrogen (secondary N) is 1. The first-order chi connectivity index (χ1) is 9.81. The van der Waals surface area contributed by atoms with Gasteiger partial charge in [-0.1, -0.05) is 26.7 Å². The average Bonchev–Trinajstić information content (AvgIpc) is 2.89. The van der Waals surface area contributed by atoms with Crippen LogP contribution >= 0.6 is 0 Å². The number of aromatic carboxylic acids is 1. The van der Waals surface area contributed by atoms with E-state index in [0.717, 1.165) is 31.7 Å². The lowest BCUT2D eigenvalue weighted by Crippen LogP contribution is -2.43. The fraction of sp³-hybridized carbons (Fsp3) is 0.643. The Bertz CT molecular complexity index is 605.